The quantitative estimate of drug-likeness (QED) is 0.648. The highest BCUT2D eigenvalue weighted by Gasteiger charge is 2.64. The van der Waals surface area contributed by atoms with Crippen LogP contribution in [0, 0.1) is 35.0 Å². The fourth-order valence-corrected chi connectivity index (χ4v) is 7.97. The Morgan fingerprint density at radius 1 is 1.04 bits per heavy atom. The molecule has 5 rings (SSSR count). The average molecular weight is 390 g/mol. The lowest BCUT2D eigenvalue weighted by molar-refractivity contribution is -0.210. The van der Waals surface area contributed by atoms with Crippen molar-refractivity contribution in [3.63, 3.8) is 0 Å². The van der Waals surface area contributed by atoms with E-state index >= 15 is 0 Å². The number of aromatic nitrogens is 1. The van der Waals surface area contributed by atoms with Crippen LogP contribution in [0.25, 0.3) is 0 Å². The van der Waals surface area contributed by atoms with Crippen LogP contribution >= 0.6 is 11.6 Å². The minimum Gasteiger partial charge on any atom is -0.390 e. The zero-order valence-corrected chi connectivity index (χ0v) is 17.4. The van der Waals surface area contributed by atoms with Crippen molar-refractivity contribution in [2.75, 3.05) is 0 Å². The molecule has 9 atom stereocenters. The van der Waals surface area contributed by atoms with Gasteiger partial charge in [-0.05, 0) is 78.7 Å². The van der Waals surface area contributed by atoms with Crippen molar-refractivity contribution in [1.82, 2.24) is 4.98 Å². The van der Waals surface area contributed by atoms with Crippen LogP contribution < -0.4 is 0 Å². The van der Waals surface area contributed by atoms with E-state index in [-0.39, 0.29) is 22.7 Å². The largest absolute Gasteiger partial charge is 0.390 e. The van der Waals surface area contributed by atoms with Crippen LogP contribution in [0.3, 0.4) is 0 Å². The highest BCUT2D eigenvalue weighted by Crippen LogP contribution is 2.65. The van der Waals surface area contributed by atoms with Gasteiger partial charge in [0.05, 0.1) is 17.9 Å². The second-order valence-corrected chi connectivity index (χ2v) is 11.0. The number of halogens is 1. The first-order valence-electron chi connectivity index (χ1n) is 10.8. The molecule has 0 saturated heterocycles. The van der Waals surface area contributed by atoms with Crippen LogP contribution in [0.5, 0.6) is 0 Å². The molecule has 3 nitrogen and oxygen atoms in total. The molecule has 0 radical (unpaired) electrons. The maximum absolute atomic E-state index is 11.3. The lowest BCUT2D eigenvalue weighted by Gasteiger charge is -2.63. The normalized spacial score (nSPS) is 51.1. The number of fused-ring (bicyclic) bond motifs is 7. The van der Waals surface area contributed by atoms with Crippen molar-refractivity contribution in [1.29, 1.82) is 0 Å². The third-order valence-electron chi connectivity index (χ3n) is 9.33. The van der Waals surface area contributed by atoms with Gasteiger partial charge in [0.25, 0.3) is 0 Å². The Morgan fingerprint density at radius 2 is 1.81 bits per heavy atom. The zero-order valence-electron chi connectivity index (χ0n) is 16.7. The summed E-state index contributed by atoms with van der Waals surface area (Å²) in [7, 11) is 0. The maximum atomic E-state index is 11.3. The van der Waals surface area contributed by atoms with Crippen LogP contribution in [0.1, 0.15) is 64.1 Å². The summed E-state index contributed by atoms with van der Waals surface area (Å²) in [5, 5.41) is 23.0. The highest BCUT2D eigenvalue weighted by molar-refractivity contribution is 6.29. The topological polar surface area (TPSA) is 53.4 Å². The third-order valence-corrected chi connectivity index (χ3v) is 9.54. The molecular weight excluding hydrogens is 358 g/mol. The van der Waals surface area contributed by atoms with Crippen molar-refractivity contribution in [3.8, 4) is 0 Å². The highest BCUT2D eigenvalue weighted by atomic mass is 35.5. The SMILES string of the molecule is C[C@H]1CC[C@@]2(C)[C@H](C1)[C@@H](O)C(O)C1[C@@H]2CC[C@]2(C)c3nc(Cl)ccc3C[C@@H]12. The Morgan fingerprint density at radius 3 is 2.59 bits per heavy atom. The number of nitrogens with zero attached hydrogens (tertiary/aromatic N) is 1. The minimum absolute atomic E-state index is 0.0345. The van der Waals surface area contributed by atoms with Crippen LogP contribution in [-0.2, 0) is 11.8 Å². The maximum Gasteiger partial charge on any atom is 0.129 e. The molecule has 3 saturated carbocycles. The van der Waals surface area contributed by atoms with Gasteiger partial charge in [-0.1, -0.05) is 44.9 Å². The van der Waals surface area contributed by atoms with Gasteiger partial charge < -0.3 is 10.2 Å². The fourth-order valence-electron chi connectivity index (χ4n) is 7.82. The van der Waals surface area contributed by atoms with E-state index in [4.69, 9.17) is 16.6 Å². The standard InChI is InChI=1S/C23H32ClNO2/c1-12-6-8-22(2)14-7-9-23(3)15(11-13-4-5-17(24)25-21(13)23)18(14)20(27)19(26)16(22)10-12/h4-5,12,14-16,18-20,26-27H,6-11H2,1-3H3/t12-,14-,15-,16+,18?,19+,20?,22+,23-/m0/s1. The number of rotatable bonds is 0. The van der Waals surface area contributed by atoms with Crippen LogP contribution in [0.15, 0.2) is 12.1 Å². The van der Waals surface area contributed by atoms with E-state index in [1.807, 2.05) is 6.07 Å². The molecule has 1 aromatic heterocycles. The van der Waals surface area contributed by atoms with E-state index in [0.29, 0.717) is 22.9 Å². The van der Waals surface area contributed by atoms with Gasteiger partial charge in [0, 0.05) is 5.41 Å². The van der Waals surface area contributed by atoms with E-state index in [1.54, 1.807) is 0 Å². The number of hydrogen-bond acceptors (Lipinski definition) is 3. The van der Waals surface area contributed by atoms with E-state index in [0.717, 1.165) is 31.4 Å². The van der Waals surface area contributed by atoms with Crippen molar-refractivity contribution >= 4 is 11.6 Å². The first-order chi connectivity index (χ1) is 12.8. The smallest absolute Gasteiger partial charge is 0.129 e. The predicted octanol–water partition coefficient (Wildman–Crippen LogP) is 4.37. The van der Waals surface area contributed by atoms with Gasteiger partial charge in [-0.15, -0.1) is 0 Å². The van der Waals surface area contributed by atoms with E-state index in [1.165, 1.54) is 18.4 Å². The van der Waals surface area contributed by atoms with Gasteiger partial charge in [0.15, 0.2) is 0 Å². The molecule has 148 valence electrons. The summed E-state index contributed by atoms with van der Waals surface area (Å²) in [5.41, 5.74) is 2.55. The van der Waals surface area contributed by atoms with Gasteiger partial charge in [0.2, 0.25) is 0 Å². The molecule has 0 aliphatic heterocycles. The summed E-state index contributed by atoms with van der Waals surface area (Å²) in [6, 6.07) is 4.02. The first kappa shape index (κ1) is 18.4. The van der Waals surface area contributed by atoms with Gasteiger partial charge in [-0.2, -0.15) is 0 Å². The molecule has 4 aliphatic carbocycles. The summed E-state index contributed by atoms with van der Waals surface area (Å²) in [4.78, 5) is 4.72. The summed E-state index contributed by atoms with van der Waals surface area (Å²) < 4.78 is 0. The molecule has 0 spiro atoms. The first-order valence-corrected chi connectivity index (χ1v) is 11.2. The Bertz CT molecular complexity index is 769. The number of pyridine rings is 1. The third kappa shape index (κ3) is 2.37. The van der Waals surface area contributed by atoms with Crippen molar-refractivity contribution < 1.29 is 10.2 Å². The molecule has 2 N–H and O–H groups in total. The fraction of sp³-hybridized carbons (Fsp3) is 0.783. The number of aliphatic hydroxyl groups excluding tert-OH is 2. The summed E-state index contributed by atoms with van der Waals surface area (Å²) in [6.45, 7) is 7.03. The molecule has 1 heterocycles. The van der Waals surface area contributed by atoms with Gasteiger partial charge in [-0.25, -0.2) is 4.98 Å². The molecule has 27 heavy (non-hydrogen) atoms. The average Bonchev–Trinajstić information content (AvgIpc) is 2.93. The Hall–Kier alpha value is -0.640. The minimum atomic E-state index is -0.618. The lowest BCUT2D eigenvalue weighted by Crippen LogP contribution is -2.64. The van der Waals surface area contributed by atoms with E-state index in [9.17, 15) is 10.2 Å². The lowest BCUT2D eigenvalue weighted by atomic mass is 9.43. The van der Waals surface area contributed by atoms with Crippen LogP contribution in [-0.4, -0.2) is 27.4 Å². The Labute approximate surface area is 167 Å². The second-order valence-electron chi connectivity index (χ2n) is 10.6. The Balaban J connectivity index is 1.56. The second kappa shape index (κ2) is 5.93. The molecule has 2 unspecified atom stereocenters. The summed E-state index contributed by atoms with van der Waals surface area (Å²) in [6.07, 6.45) is 5.46. The van der Waals surface area contributed by atoms with E-state index in [2.05, 4.69) is 26.8 Å². The van der Waals surface area contributed by atoms with Gasteiger partial charge >= 0.3 is 0 Å². The van der Waals surface area contributed by atoms with Crippen molar-refractivity contribution in [2.24, 2.45) is 35.0 Å². The van der Waals surface area contributed by atoms with Gasteiger partial charge in [0.1, 0.15) is 5.15 Å². The van der Waals surface area contributed by atoms with Crippen LogP contribution in [0.4, 0.5) is 0 Å². The molecule has 1 aromatic rings. The predicted molar refractivity (Wildman–Crippen MR) is 107 cm³/mol. The zero-order chi connectivity index (χ0) is 19.1. The monoisotopic (exact) mass is 389 g/mol. The molecule has 3 fully saturated rings. The number of hydrogen-bond donors (Lipinski definition) is 2. The molecular formula is C23H32ClNO2. The molecule has 4 heteroatoms. The van der Waals surface area contributed by atoms with Crippen LogP contribution in [0.2, 0.25) is 5.15 Å². The number of aliphatic hydroxyl groups is 2. The van der Waals surface area contributed by atoms with Crippen molar-refractivity contribution in [2.45, 2.75) is 76.9 Å². The molecule has 0 bridgehead atoms. The van der Waals surface area contributed by atoms with Gasteiger partial charge in [-0.3, -0.25) is 0 Å². The van der Waals surface area contributed by atoms with E-state index < -0.39 is 12.2 Å². The molecule has 0 amide bonds. The molecule has 0 aromatic carbocycles. The Kier molecular flexibility index (Phi) is 4.04. The molecule has 4 aliphatic rings. The summed E-state index contributed by atoms with van der Waals surface area (Å²) in [5.74, 6) is 1.88. The summed E-state index contributed by atoms with van der Waals surface area (Å²) >= 11 is 6.23. The van der Waals surface area contributed by atoms with Crippen molar-refractivity contribution in [3.05, 3.63) is 28.5 Å².